The van der Waals surface area contributed by atoms with Crippen LogP contribution in [0, 0.1) is 0 Å². The van der Waals surface area contributed by atoms with Crippen molar-refractivity contribution in [3.63, 3.8) is 0 Å². The monoisotopic (exact) mass is 431 g/mol. The SMILES string of the molecule is COc1ccc(C(=O)N2CCC(NC(=O)c3ccc(NS(C)(=O)=O)cc3)CC2)cc1. The van der Waals surface area contributed by atoms with Crippen LogP contribution >= 0.6 is 0 Å². The number of sulfonamides is 1. The second-order valence-corrected chi connectivity index (χ2v) is 8.97. The Morgan fingerprint density at radius 3 is 2.07 bits per heavy atom. The molecular weight excluding hydrogens is 406 g/mol. The number of methoxy groups -OCH3 is 1. The zero-order valence-electron chi connectivity index (χ0n) is 16.9. The molecule has 1 fully saturated rings. The van der Waals surface area contributed by atoms with Crippen LogP contribution < -0.4 is 14.8 Å². The molecule has 0 aliphatic carbocycles. The number of nitrogens with zero attached hydrogens (tertiary/aromatic N) is 1. The van der Waals surface area contributed by atoms with Crippen molar-refractivity contribution in [1.29, 1.82) is 0 Å². The van der Waals surface area contributed by atoms with Crippen molar-refractivity contribution < 1.29 is 22.7 Å². The number of hydrogen-bond acceptors (Lipinski definition) is 5. The summed E-state index contributed by atoms with van der Waals surface area (Å²) in [6.07, 6.45) is 2.40. The highest BCUT2D eigenvalue weighted by molar-refractivity contribution is 7.92. The van der Waals surface area contributed by atoms with Crippen LogP contribution in [-0.4, -0.2) is 57.6 Å². The minimum absolute atomic E-state index is 0.0220. The van der Waals surface area contributed by atoms with Crippen molar-refractivity contribution in [2.24, 2.45) is 0 Å². The number of rotatable bonds is 6. The molecule has 0 atom stereocenters. The predicted octanol–water partition coefficient (Wildman–Crippen LogP) is 2.10. The van der Waals surface area contributed by atoms with Crippen molar-refractivity contribution in [3.8, 4) is 5.75 Å². The van der Waals surface area contributed by atoms with Gasteiger partial charge in [-0.3, -0.25) is 14.3 Å². The Morgan fingerprint density at radius 2 is 1.53 bits per heavy atom. The van der Waals surface area contributed by atoms with E-state index >= 15 is 0 Å². The van der Waals surface area contributed by atoms with Crippen LogP contribution in [0.3, 0.4) is 0 Å². The lowest BCUT2D eigenvalue weighted by Crippen LogP contribution is -2.46. The molecule has 0 saturated carbocycles. The van der Waals surface area contributed by atoms with Crippen LogP contribution in [0.5, 0.6) is 5.75 Å². The molecular formula is C21H25N3O5S. The zero-order valence-corrected chi connectivity index (χ0v) is 17.7. The van der Waals surface area contributed by atoms with Crippen LogP contribution in [0.4, 0.5) is 5.69 Å². The fourth-order valence-electron chi connectivity index (χ4n) is 3.32. The third kappa shape index (κ3) is 5.73. The first-order valence-corrected chi connectivity index (χ1v) is 11.5. The molecule has 0 bridgehead atoms. The molecule has 2 aromatic carbocycles. The average molecular weight is 432 g/mol. The Labute approximate surface area is 176 Å². The average Bonchev–Trinajstić information content (AvgIpc) is 2.73. The quantitative estimate of drug-likeness (QED) is 0.729. The number of anilines is 1. The normalized spacial score (nSPS) is 14.8. The van der Waals surface area contributed by atoms with E-state index < -0.39 is 10.0 Å². The molecule has 0 aromatic heterocycles. The summed E-state index contributed by atoms with van der Waals surface area (Å²) in [5, 5.41) is 2.99. The summed E-state index contributed by atoms with van der Waals surface area (Å²) < 4.78 is 30.0. The maximum atomic E-state index is 12.6. The van der Waals surface area contributed by atoms with Gasteiger partial charge in [-0.2, -0.15) is 0 Å². The molecule has 8 nitrogen and oxygen atoms in total. The van der Waals surface area contributed by atoms with E-state index in [0.29, 0.717) is 48.5 Å². The van der Waals surface area contributed by atoms with Gasteiger partial charge in [-0.25, -0.2) is 8.42 Å². The summed E-state index contributed by atoms with van der Waals surface area (Å²) in [5.41, 5.74) is 1.46. The molecule has 0 unspecified atom stereocenters. The number of benzene rings is 2. The van der Waals surface area contributed by atoms with Crippen molar-refractivity contribution in [1.82, 2.24) is 10.2 Å². The highest BCUT2D eigenvalue weighted by Crippen LogP contribution is 2.18. The highest BCUT2D eigenvalue weighted by atomic mass is 32.2. The van der Waals surface area contributed by atoms with Gasteiger partial charge in [0.2, 0.25) is 10.0 Å². The number of carbonyl (C=O) groups is 2. The molecule has 30 heavy (non-hydrogen) atoms. The van der Waals surface area contributed by atoms with Gasteiger partial charge in [0.1, 0.15) is 5.75 Å². The lowest BCUT2D eigenvalue weighted by atomic mass is 10.0. The topological polar surface area (TPSA) is 105 Å². The first-order valence-electron chi connectivity index (χ1n) is 9.57. The summed E-state index contributed by atoms with van der Waals surface area (Å²) in [7, 11) is -1.78. The fraction of sp³-hybridized carbons (Fsp3) is 0.333. The number of piperidine rings is 1. The second-order valence-electron chi connectivity index (χ2n) is 7.22. The molecule has 1 saturated heterocycles. The van der Waals surface area contributed by atoms with E-state index in [1.165, 1.54) is 0 Å². The van der Waals surface area contributed by atoms with Gasteiger partial charge in [0.05, 0.1) is 13.4 Å². The van der Waals surface area contributed by atoms with Crippen molar-refractivity contribution in [2.45, 2.75) is 18.9 Å². The molecule has 1 aliphatic rings. The smallest absolute Gasteiger partial charge is 0.253 e. The maximum Gasteiger partial charge on any atom is 0.253 e. The van der Waals surface area contributed by atoms with Crippen LogP contribution in [-0.2, 0) is 10.0 Å². The van der Waals surface area contributed by atoms with Gasteiger partial charge in [0.15, 0.2) is 0 Å². The molecule has 1 aliphatic heterocycles. The molecule has 2 amide bonds. The van der Waals surface area contributed by atoms with E-state index in [9.17, 15) is 18.0 Å². The van der Waals surface area contributed by atoms with Crippen LogP contribution in [0.15, 0.2) is 48.5 Å². The lowest BCUT2D eigenvalue weighted by molar-refractivity contribution is 0.0698. The minimum Gasteiger partial charge on any atom is -0.497 e. The number of carbonyl (C=O) groups excluding carboxylic acids is 2. The van der Waals surface area contributed by atoms with Gasteiger partial charge in [0.25, 0.3) is 11.8 Å². The largest absolute Gasteiger partial charge is 0.497 e. The molecule has 0 spiro atoms. The molecule has 3 rings (SSSR count). The summed E-state index contributed by atoms with van der Waals surface area (Å²) in [6, 6.07) is 13.2. The Balaban J connectivity index is 1.51. The summed E-state index contributed by atoms with van der Waals surface area (Å²) in [6.45, 7) is 1.13. The number of ether oxygens (including phenoxy) is 1. The van der Waals surface area contributed by atoms with Gasteiger partial charge < -0.3 is 15.0 Å². The number of likely N-dealkylation sites (tertiary alicyclic amines) is 1. The molecule has 2 aromatic rings. The third-order valence-electron chi connectivity index (χ3n) is 4.90. The first-order chi connectivity index (χ1) is 14.2. The molecule has 160 valence electrons. The Morgan fingerprint density at radius 1 is 0.967 bits per heavy atom. The highest BCUT2D eigenvalue weighted by Gasteiger charge is 2.25. The number of nitrogens with one attached hydrogen (secondary N) is 2. The van der Waals surface area contributed by atoms with Gasteiger partial charge in [-0.05, 0) is 61.4 Å². The van der Waals surface area contributed by atoms with E-state index in [2.05, 4.69) is 10.0 Å². The van der Waals surface area contributed by atoms with E-state index in [1.54, 1.807) is 60.5 Å². The first kappa shape index (κ1) is 21.6. The molecule has 1 heterocycles. The van der Waals surface area contributed by atoms with E-state index in [0.717, 1.165) is 6.26 Å². The lowest BCUT2D eigenvalue weighted by Gasteiger charge is -2.32. The van der Waals surface area contributed by atoms with E-state index in [4.69, 9.17) is 4.74 Å². The van der Waals surface area contributed by atoms with E-state index in [1.807, 2.05) is 0 Å². The Hall–Kier alpha value is -3.07. The summed E-state index contributed by atoms with van der Waals surface area (Å²) >= 11 is 0. The van der Waals surface area contributed by atoms with Gasteiger partial charge in [-0.1, -0.05) is 0 Å². The van der Waals surface area contributed by atoms with Gasteiger partial charge in [0, 0.05) is 35.9 Å². The summed E-state index contributed by atoms with van der Waals surface area (Å²) in [5.74, 6) is 0.449. The fourth-order valence-corrected chi connectivity index (χ4v) is 3.88. The third-order valence-corrected chi connectivity index (χ3v) is 5.51. The zero-order chi connectivity index (χ0) is 21.7. The minimum atomic E-state index is -3.36. The molecule has 0 radical (unpaired) electrons. The van der Waals surface area contributed by atoms with Crippen molar-refractivity contribution in [2.75, 3.05) is 31.2 Å². The van der Waals surface area contributed by atoms with Crippen LogP contribution in [0.1, 0.15) is 33.6 Å². The van der Waals surface area contributed by atoms with E-state index in [-0.39, 0.29) is 17.9 Å². The molecule has 9 heteroatoms. The molecule has 2 N–H and O–H groups in total. The van der Waals surface area contributed by atoms with Gasteiger partial charge >= 0.3 is 0 Å². The van der Waals surface area contributed by atoms with Crippen molar-refractivity contribution >= 4 is 27.5 Å². The summed E-state index contributed by atoms with van der Waals surface area (Å²) in [4.78, 5) is 26.9. The second kappa shape index (κ2) is 9.17. The predicted molar refractivity (Wildman–Crippen MR) is 114 cm³/mol. The van der Waals surface area contributed by atoms with Crippen molar-refractivity contribution in [3.05, 3.63) is 59.7 Å². The maximum absolute atomic E-state index is 12.6. The van der Waals surface area contributed by atoms with Crippen LogP contribution in [0.25, 0.3) is 0 Å². The van der Waals surface area contributed by atoms with Gasteiger partial charge in [-0.15, -0.1) is 0 Å². The standard InChI is InChI=1S/C21H25N3O5S/c1-29-19-9-5-16(6-10-19)21(26)24-13-11-17(12-14-24)22-20(25)15-3-7-18(8-4-15)23-30(2,27)28/h3-10,17,23H,11-14H2,1-2H3,(H,22,25). The van der Waals surface area contributed by atoms with Crippen LogP contribution in [0.2, 0.25) is 0 Å². The number of amides is 2. The number of hydrogen-bond donors (Lipinski definition) is 2. The Kier molecular flexibility index (Phi) is 6.61. The Bertz CT molecular complexity index is 996.